The number of hydrogen-bond acceptors (Lipinski definition) is 7. The van der Waals surface area contributed by atoms with E-state index in [0.717, 1.165) is 0 Å². The summed E-state index contributed by atoms with van der Waals surface area (Å²) in [6.45, 7) is 1.76. The second-order valence-corrected chi connectivity index (χ2v) is 8.89. The number of carbonyl (C=O) groups is 1. The lowest BCUT2D eigenvalue weighted by Gasteiger charge is -2.13. The smallest absolute Gasteiger partial charge is 0.300 e. The average molecular weight is 434 g/mol. The summed E-state index contributed by atoms with van der Waals surface area (Å²) in [6, 6.07) is 15.0. The van der Waals surface area contributed by atoms with Crippen molar-refractivity contribution in [2.75, 3.05) is 19.0 Å². The highest BCUT2D eigenvalue weighted by Gasteiger charge is 2.24. The minimum atomic E-state index is -4.21. The van der Waals surface area contributed by atoms with Crippen LogP contribution in [0.1, 0.15) is 21.8 Å². The van der Waals surface area contributed by atoms with Gasteiger partial charge in [-0.25, -0.2) is 13.1 Å². The van der Waals surface area contributed by atoms with Gasteiger partial charge in [0.25, 0.3) is 10.0 Å². The van der Waals surface area contributed by atoms with Crippen molar-refractivity contribution in [3.05, 3.63) is 65.5 Å². The molecule has 0 unspecified atom stereocenters. The van der Waals surface area contributed by atoms with Gasteiger partial charge in [0.05, 0.1) is 16.8 Å². The number of rotatable bonds is 4. The Morgan fingerprint density at radius 3 is 2.61 bits per heavy atom. The van der Waals surface area contributed by atoms with Crippen LogP contribution in [0, 0.1) is 18.3 Å². The molecule has 0 radical (unpaired) electrons. The highest BCUT2D eigenvalue weighted by atomic mass is 32.2. The van der Waals surface area contributed by atoms with Crippen molar-refractivity contribution in [2.24, 2.45) is 0 Å². The lowest BCUT2D eigenvalue weighted by atomic mass is 10.1. The van der Waals surface area contributed by atoms with Crippen LogP contribution in [0.15, 0.2) is 57.8 Å². The van der Waals surface area contributed by atoms with Gasteiger partial charge in [0, 0.05) is 36.6 Å². The third-order valence-electron chi connectivity index (χ3n) is 4.80. The van der Waals surface area contributed by atoms with E-state index < -0.39 is 15.9 Å². The van der Waals surface area contributed by atoms with E-state index in [1.54, 1.807) is 62.3 Å². The maximum Gasteiger partial charge on any atom is 0.300 e. The number of fused-ring (bicyclic) bond motifs is 2. The lowest BCUT2D eigenvalue weighted by Crippen LogP contribution is -2.30. The maximum absolute atomic E-state index is 12.9. The van der Waals surface area contributed by atoms with Crippen molar-refractivity contribution in [2.45, 2.75) is 11.8 Å². The van der Waals surface area contributed by atoms with Gasteiger partial charge in [-0.15, -0.1) is 0 Å². The summed E-state index contributed by atoms with van der Waals surface area (Å²) in [5, 5.41) is 10.5. The molecule has 2 aromatic carbocycles. The predicted octanol–water partition coefficient (Wildman–Crippen LogP) is 3.35. The fraction of sp³-hybridized carbons (Fsp3) is 0.136. The van der Waals surface area contributed by atoms with Gasteiger partial charge in [0.2, 0.25) is 0 Å². The SMILES string of the molecule is Cc1ccc2cccc(S(=O)(=O)NC(=O)c3cc4cc(C#N)c(N(C)C)cc4o3)c2n1. The van der Waals surface area contributed by atoms with Gasteiger partial charge >= 0.3 is 5.91 Å². The predicted molar refractivity (Wildman–Crippen MR) is 116 cm³/mol. The maximum atomic E-state index is 12.9. The summed E-state index contributed by atoms with van der Waals surface area (Å²) in [6.07, 6.45) is 0. The second kappa shape index (κ2) is 7.41. The molecule has 0 spiro atoms. The summed E-state index contributed by atoms with van der Waals surface area (Å²) in [5.41, 5.74) is 2.34. The molecular formula is C22H18N4O4S. The Morgan fingerprint density at radius 2 is 1.90 bits per heavy atom. The number of sulfonamides is 1. The largest absolute Gasteiger partial charge is 0.451 e. The molecule has 4 aromatic rings. The van der Waals surface area contributed by atoms with Crippen molar-refractivity contribution >= 4 is 43.5 Å². The molecule has 0 atom stereocenters. The Morgan fingerprint density at radius 1 is 1.13 bits per heavy atom. The molecule has 8 nitrogen and oxygen atoms in total. The third-order valence-corrected chi connectivity index (χ3v) is 6.16. The molecule has 0 fully saturated rings. The number of pyridine rings is 1. The van der Waals surface area contributed by atoms with E-state index in [2.05, 4.69) is 15.8 Å². The van der Waals surface area contributed by atoms with Gasteiger partial charge in [0.15, 0.2) is 5.76 Å². The number of nitrogens with zero attached hydrogens (tertiary/aromatic N) is 3. The summed E-state index contributed by atoms with van der Waals surface area (Å²) in [7, 11) is -0.640. The first kappa shape index (κ1) is 20.4. The first-order valence-electron chi connectivity index (χ1n) is 9.28. The number of carbonyl (C=O) groups excluding carboxylic acids is 1. The van der Waals surface area contributed by atoms with Gasteiger partial charge in [-0.3, -0.25) is 9.78 Å². The van der Waals surface area contributed by atoms with Crippen LogP contribution in [0.4, 0.5) is 5.69 Å². The monoisotopic (exact) mass is 434 g/mol. The second-order valence-electron chi connectivity index (χ2n) is 7.24. The van der Waals surface area contributed by atoms with E-state index in [9.17, 15) is 18.5 Å². The normalized spacial score (nSPS) is 11.4. The first-order valence-corrected chi connectivity index (χ1v) is 10.8. The molecule has 4 rings (SSSR count). The third kappa shape index (κ3) is 3.69. The van der Waals surface area contributed by atoms with Gasteiger partial charge in [0.1, 0.15) is 16.5 Å². The van der Waals surface area contributed by atoms with Crippen molar-refractivity contribution in [3.8, 4) is 6.07 Å². The zero-order valence-electron chi connectivity index (χ0n) is 17.0. The number of amides is 1. The summed E-state index contributed by atoms with van der Waals surface area (Å²) >= 11 is 0. The topological polar surface area (TPSA) is 116 Å². The highest BCUT2D eigenvalue weighted by Crippen LogP contribution is 2.28. The van der Waals surface area contributed by atoms with Crippen LogP contribution in [0.3, 0.4) is 0 Å². The average Bonchev–Trinajstić information content (AvgIpc) is 3.15. The number of furan rings is 1. The van der Waals surface area contributed by atoms with Gasteiger partial charge in [-0.05, 0) is 31.2 Å². The van der Waals surface area contributed by atoms with E-state index in [4.69, 9.17) is 4.42 Å². The molecule has 9 heteroatoms. The van der Waals surface area contributed by atoms with Gasteiger partial charge in [-0.2, -0.15) is 5.26 Å². The number of aryl methyl sites for hydroxylation is 1. The van der Waals surface area contributed by atoms with Crippen LogP contribution in [0.5, 0.6) is 0 Å². The van der Waals surface area contributed by atoms with Crippen LogP contribution >= 0.6 is 0 Å². The first-order chi connectivity index (χ1) is 14.7. The molecule has 2 aromatic heterocycles. The number of hydrogen-bond donors (Lipinski definition) is 1. The summed E-state index contributed by atoms with van der Waals surface area (Å²) < 4.78 is 33.5. The molecule has 31 heavy (non-hydrogen) atoms. The van der Waals surface area contributed by atoms with Gasteiger partial charge < -0.3 is 9.32 Å². The minimum Gasteiger partial charge on any atom is -0.451 e. The molecule has 1 amide bonds. The summed E-state index contributed by atoms with van der Waals surface area (Å²) in [5.74, 6) is -1.09. The van der Waals surface area contributed by atoms with Crippen molar-refractivity contribution < 1.29 is 17.6 Å². The Kier molecular flexibility index (Phi) is 4.87. The van der Waals surface area contributed by atoms with Crippen LogP contribution < -0.4 is 9.62 Å². The molecule has 0 aliphatic rings. The van der Waals surface area contributed by atoms with E-state index in [-0.39, 0.29) is 16.2 Å². The quantitative estimate of drug-likeness (QED) is 0.523. The molecule has 1 N–H and O–H groups in total. The van der Waals surface area contributed by atoms with Crippen LogP contribution in [0.2, 0.25) is 0 Å². The number of anilines is 1. The van der Waals surface area contributed by atoms with Crippen LogP contribution in [0.25, 0.3) is 21.9 Å². The Labute approximate surface area is 178 Å². The lowest BCUT2D eigenvalue weighted by molar-refractivity contribution is 0.0956. The molecular weight excluding hydrogens is 416 g/mol. The number of benzene rings is 2. The summed E-state index contributed by atoms with van der Waals surface area (Å²) in [4.78, 5) is 18.7. The van der Waals surface area contributed by atoms with Crippen molar-refractivity contribution in [1.82, 2.24) is 9.71 Å². The Balaban J connectivity index is 1.72. The van der Waals surface area contributed by atoms with E-state index in [1.807, 2.05) is 0 Å². The Hall–Kier alpha value is -3.90. The highest BCUT2D eigenvalue weighted by molar-refractivity contribution is 7.90. The van der Waals surface area contributed by atoms with E-state index >= 15 is 0 Å². The fourth-order valence-corrected chi connectivity index (χ4v) is 4.44. The minimum absolute atomic E-state index is 0.0974. The molecule has 0 aliphatic heterocycles. The van der Waals surface area contributed by atoms with Crippen LogP contribution in [-0.4, -0.2) is 33.4 Å². The fourth-order valence-electron chi connectivity index (χ4n) is 3.31. The zero-order valence-corrected chi connectivity index (χ0v) is 17.8. The van der Waals surface area contributed by atoms with Gasteiger partial charge in [-0.1, -0.05) is 18.2 Å². The standard InChI is InChI=1S/C22H18N4O4S/c1-13-7-8-14-5-4-6-20(21(14)24-13)31(28,29)25-22(27)19-10-15-9-16(12-23)17(26(2)3)11-18(15)30-19/h4-11H,1-3H3,(H,25,27). The molecule has 0 saturated heterocycles. The zero-order chi connectivity index (χ0) is 22.3. The van der Waals surface area contributed by atoms with Crippen molar-refractivity contribution in [1.29, 1.82) is 5.26 Å². The number of nitrogens with one attached hydrogen (secondary N) is 1. The number of para-hydroxylation sites is 1. The van der Waals surface area contributed by atoms with E-state index in [0.29, 0.717) is 33.3 Å². The molecule has 2 heterocycles. The molecule has 0 bridgehead atoms. The number of aromatic nitrogens is 1. The van der Waals surface area contributed by atoms with E-state index in [1.165, 1.54) is 12.1 Å². The molecule has 0 saturated carbocycles. The number of nitriles is 1. The van der Waals surface area contributed by atoms with Crippen molar-refractivity contribution in [3.63, 3.8) is 0 Å². The van der Waals surface area contributed by atoms with Crippen LogP contribution in [-0.2, 0) is 10.0 Å². The molecule has 156 valence electrons. The molecule has 0 aliphatic carbocycles. The Bertz CT molecular complexity index is 1500.